The number of nitrogens with zero attached hydrogens (tertiary/aromatic N) is 1. The van der Waals surface area contributed by atoms with Crippen LogP contribution in [0.5, 0.6) is 0 Å². The first-order chi connectivity index (χ1) is 8.05. The summed E-state index contributed by atoms with van der Waals surface area (Å²) < 4.78 is 29.7. The van der Waals surface area contributed by atoms with Crippen molar-refractivity contribution in [2.24, 2.45) is 0 Å². The lowest BCUT2D eigenvalue weighted by Crippen LogP contribution is -2.42. The van der Waals surface area contributed by atoms with E-state index in [1.54, 1.807) is 4.90 Å². The molecule has 0 atom stereocenters. The SMILES string of the molecule is O=C(CCNS(=O)(=O)CCO)N1CCOCC1. The molecule has 0 saturated carbocycles. The van der Waals surface area contributed by atoms with Crippen molar-refractivity contribution < 1.29 is 23.1 Å². The Hall–Kier alpha value is -0.700. The van der Waals surface area contributed by atoms with Crippen LogP contribution in [0.3, 0.4) is 0 Å². The van der Waals surface area contributed by atoms with Crippen molar-refractivity contribution in [1.82, 2.24) is 9.62 Å². The molecule has 1 aliphatic heterocycles. The Morgan fingerprint density at radius 3 is 2.59 bits per heavy atom. The van der Waals surface area contributed by atoms with E-state index < -0.39 is 16.6 Å². The Kier molecular flexibility index (Phi) is 5.83. The second-order valence-electron chi connectivity index (χ2n) is 3.68. The minimum atomic E-state index is -3.45. The van der Waals surface area contributed by atoms with E-state index in [1.807, 2.05) is 0 Å². The van der Waals surface area contributed by atoms with Crippen LogP contribution >= 0.6 is 0 Å². The van der Waals surface area contributed by atoms with Gasteiger partial charge in [-0.05, 0) is 0 Å². The fraction of sp³-hybridized carbons (Fsp3) is 0.889. The number of hydrogen-bond donors (Lipinski definition) is 2. The molecule has 0 unspecified atom stereocenters. The van der Waals surface area contributed by atoms with Crippen molar-refractivity contribution in [3.8, 4) is 0 Å². The van der Waals surface area contributed by atoms with E-state index in [0.717, 1.165) is 0 Å². The first kappa shape index (κ1) is 14.4. The van der Waals surface area contributed by atoms with Crippen LogP contribution in [-0.4, -0.2) is 69.5 Å². The van der Waals surface area contributed by atoms with Gasteiger partial charge in [-0.1, -0.05) is 0 Å². The summed E-state index contributed by atoms with van der Waals surface area (Å²) in [6, 6.07) is 0. The van der Waals surface area contributed by atoms with Gasteiger partial charge in [0.25, 0.3) is 0 Å². The highest BCUT2D eigenvalue weighted by molar-refractivity contribution is 7.89. The van der Waals surface area contributed by atoms with E-state index in [1.165, 1.54) is 0 Å². The number of aliphatic hydroxyl groups excluding tert-OH is 1. The molecule has 0 aliphatic carbocycles. The number of carbonyl (C=O) groups is 1. The number of aliphatic hydroxyl groups is 1. The van der Waals surface area contributed by atoms with E-state index in [4.69, 9.17) is 9.84 Å². The van der Waals surface area contributed by atoms with Crippen molar-refractivity contribution in [2.75, 3.05) is 45.2 Å². The second-order valence-corrected chi connectivity index (χ2v) is 5.61. The lowest BCUT2D eigenvalue weighted by molar-refractivity contribution is -0.135. The molecule has 0 radical (unpaired) electrons. The third-order valence-corrected chi connectivity index (χ3v) is 3.75. The zero-order valence-electron chi connectivity index (χ0n) is 9.59. The molecule has 1 heterocycles. The van der Waals surface area contributed by atoms with Crippen LogP contribution in [0.25, 0.3) is 0 Å². The van der Waals surface area contributed by atoms with Crippen LogP contribution in [0, 0.1) is 0 Å². The topological polar surface area (TPSA) is 95.9 Å². The van der Waals surface area contributed by atoms with Crippen LogP contribution in [0.1, 0.15) is 6.42 Å². The second kappa shape index (κ2) is 6.90. The number of carbonyl (C=O) groups excluding carboxylic acids is 1. The van der Waals surface area contributed by atoms with Crippen LogP contribution in [-0.2, 0) is 19.6 Å². The molecule has 1 rings (SSSR count). The van der Waals surface area contributed by atoms with Gasteiger partial charge in [0.05, 0.1) is 25.6 Å². The van der Waals surface area contributed by atoms with E-state index in [9.17, 15) is 13.2 Å². The summed E-state index contributed by atoms with van der Waals surface area (Å²) in [7, 11) is -3.45. The highest BCUT2D eigenvalue weighted by atomic mass is 32.2. The molecule has 2 N–H and O–H groups in total. The van der Waals surface area contributed by atoms with Gasteiger partial charge in [0, 0.05) is 26.1 Å². The van der Waals surface area contributed by atoms with Gasteiger partial charge in [-0.2, -0.15) is 0 Å². The van der Waals surface area contributed by atoms with Crippen molar-refractivity contribution in [3.63, 3.8) is 0 Å². The molecule has 0 aromatic heterocycles. The molecule has 0 spiro atoms. The molecular weight excluding hydrogens is 248 g/mol. The van der Waals surface area contributed by atoms with Gasteiger partial charge < -0.3 is 14.7 Å². The number of nitrogens with one attached hydrogen (secondary N) is 1. The summed E-state index contributed by atoms with van der Waals surface area (Å²) >= 11 is 0. The maximum absolute atomic E-state index is 11.6. The van der Waals surface area contributed by atoms with E-state index >= 15 is 0 Å². The fourth-order valence-electron chi connectivity index (χ4n) is 1.48. The van der Waals surface area contributed by atoms with E-state index in [2.05, 4.69) is 4.72 Å². The predicted molar refractivity (Wildman–Crippen MR) is 60.9 cm³/mol. The molecule has 7 nitrogen and oxygen atoms in total. The maximum atomic E-state index is 11.6. The van der Waals surface area contributed by atoms with E-state index in [0.29, 0.717) is 26.3 Å². The summed E-state index contributed by atoms with van der Waals surface area (Å²) in [6.07, 6.45) is 0.130. The smallest absolute Gasteiger partial charge is 0.224 e. The first-order valence-electron chi connectivity index (χ1n) is 5.49. The molecule has 8 heteroatoms. The Bertz CT molecular complexity index is 337. The standard InChI is InChI=1S/C9H18N2O5S/c12-5-8-17(14,15)10-2-1-9(13)11-3-6-16-7-4-11/h10,12H,1-8H2. The van der Waals surface area contributed by atoms with Crippen LogP contribution in [0.15, 0.2) is 0 Å². The number of amides is 1. The molecule has 1 aliphatic rings. The van der Waals surface area contributed by atoms with Crippen LogP contribution in [0.2, 0.25) is 0 Å². The van der Waals surface area contributed by atoms with Crippen LogP contribution < -0.4 is 4.72 Å². The minimum absolute atomic E-state index is 0.0680. The van der Waals surface area contributed by atoms with Crippen molar-refractivity contribution in [2.45, 2.75) is 6.42 Å². The summed E-state index contributed by atoms with van der Waals surface area (Å²) in [5, 5.41) is 8.51. The molecule has 17 heavy (non-hydrogen) atoms. The van der Waals surface area contributed by atoms with Crippen molar-refractivity contribution in [3.05, 3.63) is 0 Å². The highest BCUT2D eigenvalue weighted by Gasteiger charge is 2.17. The van der Waals surface area contributed by atoms with Gasteiger partial charge in [-0.15, -0.1) is 0 Å². The van der Waals surface area contributed by atoms with Gasteiger partial charge >= 0.3 is 0 Å². The molecule has 100 valence electrons. The van der Waals surface area contributed by atoms with Gasteiger partial charge in [0.1, 0.15) is 0 Å². The third kappa shape index (κ3) is 5.44. The van der Waals surface area contributed by atoms with Crippen molar-refractivity contribution >= 4 is 15.9 Å². The number of rotatable bonds is 6. The monoisotopic (exact) mass is 266 g/mol. The third-order valence-electron chi connectivity index (χ3n) is 2.38. The van der Waals surface area contributed by atoms with Gasteiger partial charge in [0.2, 0.25) is 15.9 Å². The molecule has 1 fully saturated rings. The summed E-state index contributed by atoms with van der Waals surface area (Å²) in [5.74, 6) is -0.418. The zero-order valence-corrected chi connectivity index (χ0v) is 10.4. The molecule has 0 aromatic rings. The van der Waals surface area contributed by atoms with E-state index in [-0.39, 0.29) is 24.6 Å². The number of ether oxygens (including phenoxy) is 1. The summed E-state index contributed by atoms with van der Waals surface area (Å²) in [6.45, 7) is 1.82. The average molecular weight is 266 g/mol. The van der Waals surface area contributed by atoms with Gasteiger partial charge in [-0.3, -0.25) is 4.79 Å². The molecule has 0 aromatic carbocycles. The summed E-state index contributed by atoms with van der Waals surface area (Å²) in [4.78, 5) is 13.3. The molecule has 1 saturated heterocycles. The Morgan fingerprint density at radius 2 is 2.00 bits per heavy atom. The van der Waals surface area contributed by atoms with Gasteiger partial charge in [-0.25, -0.2) is 13.1 Å². The number of sulfonamides is 1. The fourth-order valence-corrected chi connectivity index (χ4v) is 2.27. The van der Waals surface area contributed by atoms with Gasteiger partial charge in [0.15, 0.2) is 0 Å². The highest BCUT2D eigenvalue weighted by Crippen LogP contribution is 1.99. The Morgan fingerprint density at radius 1 is 1.35 bits per heavy atom. The van der Waals surface area contributed by atoms with Crippen LogP contribution in [0.4, 0.5) is 0 Å². The number of hydrogen-bond acceptors (Lipinski definition) is 5. The normalized spacial score (nSPS) is 17.1. The molecule has 0 bridgehead atoms. The predicted octanol–water partition coefficient (Wildman–Crippen LogP) is -1.85. The lowest BCUT2D eigenvalue weighted by Gasteiger charge is -2.26. The minimum Gasteiger partial charge on any atom is -0.395 e. The first-order valence-corrected chi connectivity index (χ1v) is 7.14. The summed E-state index contributed by atoms with van der Waals surface area (Å²) in [5.41, 5.74) is 0. The largest absolute Gasteiger partial charge is 0.395 e. The Balaban J connectivity index is 2.24. The average Bonchev–Trinajstić information content (AvgIpc) is 2.29. The number of morpholine rings is 1. The maximum Gasteiger partial charge on any atom is 0.224 e. The molecule has 1 amide bonds. The Labute approximate surface area is 101 Å². The lowest BCUT2D eigenvalue weighted by atomic mass is 10.3. The zero-order chi connectivity index (χ0) is 12.7. The quantitative estimate of drug-likeness (QED) is 0.588. The molecular formula is C9H18N2O5S. The van der Waals surface area contributed by atoms with Crippen molar-refractivity contribution in [1.29, 1.82) is 0 Å².